The molecule has 0 spiro atoms. The van der Waals surface area contributed by atoms with Gasteiger partial charge in [-0.05, 0) is 65.4 Å². The van der Waals surface area contributed by atoms with Crippen LogP contribution in [0.5, 0.6) is 11.5 Å². The molecule has 0 saturated heterocycles. The standard InChI is InChI=1S/C20H15N3O8S2.2Na/c21-12-1-3-16-10(5-12)8-18(33(29,30)31)19(20(16)25)23-22-13-2-4-15-11(6-13)7-14(9-17(15)24)32(26,27)28;;/h1-9,24-25H,21H2,(H,26,27,28)(H,29,30,31);;/q;2*+1/p-2. The summed E-state index contributed by atoms with van der Waals surface area (Å²) in [6.45, 7) is 0. The van der Waals surface area contributed by atoms with Crippen molar-refractivity contribution in [2.24, 2.45) is 10.2 Å². The van der Waals surface area contributed by atoms with Crippen molar-refractivity contribution in [2.45, 2.75) is 9.79 Å². The zero-order chi connectivity index (χ0) is 24.1. The van der Waals surface area contributed by atoms with Crippen LogP contribution in [0.25, 0.3) is 21.5 Å². The molecule has 0 aliphatic heterocycles. The largest absolute Gasteiger partial charge is 1.00 e. The SMILES string of the molecule is Nc1ccc2c(O)c(N=Nc3ccc4c(O)cc(S(=O)(=O)[O-])cc4c3)c(S(=O)(=O)[O-])cc2c1.[Na+].[Na+]. The third-order valence-corrected chi connectivity index (χ3v) is 6.45. The molecular weight excluding hydrogens is 520 g/mol. The summed E-state index contributed by atoms with van der Waals surface area (Å²) in [4.78, 5) is -1.48. The molecule has 0 aliphatic rings. The van der Waals surface area contributed by atoms with Gasteiger partial charge in [0.2, 0.25) is 0 Å². The molecule has 0 unspecified atom stereocenters. The third-order valence-electron chi connectivity index (χ3n) is 4.79. The van der Waals surface area contributed by atoms with Crippen molar-refractivity contribution in [3.63, 3.8) is 0 Å². The smallest absolute Gasteiger partial charge is 0.744 e. The van der Waals surface area contributed by atoms with Crippen molar-refractivity contribution >= 4 is 58.8 Å². The number of hydrogen-bond donors (Lipinski definition) is 3. The number of nitrogen functional groups attached to an aromatic ring is 1. The maximum Gasteiger partial charge on any atom is 1.00 e. The van der Waals surface area contributed by atoms with E-state index in [0.717, 1.165) is 18.2 Å². The van der Waals surface area contributed by atoms with Gasteiger partial charge in [-0.2, -0.15) is 5.11 Å². The average molecular weight is 533 g/mol. The minimum Gasteiger partial charge on any atom is -0.744 e. The number of phenolic OH excluding ortho intramolecular Hbond substituents is 2. The first-order valence-corrected chi connectivity index (χ1v) is 11.8. The fourth-order valence-electron chi connectivity index (χ4n) is 3.28. The van der Waals surface area contributed by atoms with Crippen LogP contribution in [0.4, 0.5) is 17.1 Å². The van der Waals surface area contributed by atoms with Crippen molar-refractivity contribution in [3.8, 4) is 11.5 Å². The third kappa shape index (κ3) is 6.14. The van der Waals surface area contributed by atoms with Gasteiger partial charge in [0, 0.05) is 16.5 Å². The number of rotatable bonds is 4. The van der Waals surface area contributed by atoms with Gasteiger partial charge < -0.3 is 25.1 Å². The van der Waals surface area contributed by atoms with E-state index in [4.69, 9.17) is 5.73 Å². The van der Waals surface area contributed by atoms with Crippen LogP contribution in [0.3, 0.4) is 0 Å². The number of nitrogens with zero attached hydrogens (tertiary/aromatic N) is 2. The molecule has 0 atom stereocenters. The Balaban J connectivity index is 0.00000216. The van der Waals surface area contributed by atoms with Crippen molar-refractivity contribution in [1.82, 2.24) is 0 Å². The number of phenols is 2. The zero-order valence-electron chi connectivity index (χ0n) is 18.3. The first kappa shape index (κ1) is 29.5. The second kappa shape index (κ2) is 10.7. The second-order valence-electron chi connectivity index (χ2n) is 7.01. The van der Waals surface area contributed by atoms with Crippen LogP contribution in [-0.2, 0) is 20.2 Å². The fourth-order valence-corrected chi connectivity index (χ4v) is 4.45. The number of nitrogens with two attached hydrogens (primary N) is 1. The Bertz CT molecular complexity index is 1710. The normalized spacial score (nSPS) is 11.9. The van der Waals surface area contributed by atoms with E-state index in [9.17, 15) is 36.2 Å². The molecule has 0 heterocycles. The van der Waals surface area contributed by atoms with Crippen molar-refractivity contribution in [2.75, 3.05) is 5.73 Å². The molecule has 4 rings (SSSR count). The Kier molecular flexibility index (Phi) is 8.99. The molecule has 0 radical (unpaired) electrons. The molecule has 0 saturated carbocycles. The topological polar surface area (TPSA) is 206 Å². The van der Waals surface area contributed by atoms with E-state index in [1.54, 1.807) is 0 Å². The molecular formula is C20H13N3Na2O8S2. The van der Waals surface area contributed by atoms with E-state index in [1.807, 2.05) is 0 Å². The molecule has 15 heteroatoms. The molecule has 11 nitrogen and oxygen atoms in total. The van der Waals surface area contributed by atoms with Crippen LogP contribution >= 0.6 is 0 Å². The number of aromatic hydroxyl groups is 2. The summed E-state index contributed by atoms with van der Waals surface area (Å²) >= 11 is 0. The van der Waals surface area contributed by atoms with Gasteiger partial charge in [-0.3, -0.25) is 0 Å². The number of fused-ring (bicyclic) bond motifs is 2. The molecule has 4 aromatic rings. The van der Waals surface area contributed by atoms with E-state index in [2.05, 4.69) is 10.2 Å². The summed E-state index contributed by atoms with van der Waals surface area (Å²) in [6.07, 6.45) is 0. The van der Waals surface area contributed by atoms with E-state index in [1.165, 1.54) is 36.4 Å². The summed E-state index contributed by atoms with van der Waals surface area (Å²) < 4.78 is 69.2. The molecule has 0 aliphatic carbocycles. The number of hydrogen-bond acceptors (Lipinski definition) is 11. The predicted octanol–water partition coefficient (Wildman–Crippen LogP) is -2.78. The Labute approximate surface area is 243 Å². The molecule has 0 aromatic heterocycles. The van der Waals surface area contributed by atoms with Gasteiger partial charge in [0.25, 0.3) is 0 Å². The zero-order valence-corrected chi connectivity index (χ0v) is 24.0. The van der Waals surface area contributed by atoms with Crippen LogP contribution in [0.1, 0.15) is 0 Å². The predicted molar refractivity (Wildman–Crippen MR) is 116 cm³/mol. The summed E-state index contributed by atoms with van der Waals surface area (Å²) in [7, 11) is -9.91. The molecule has 4 aromatic carbocycles. The first-order valence-electron chi connectivity index (χ1n) is 9.00. The van der Waals surface area contributed by atoms with E-state index < -0.39 is 47.2 Å². The Morgan fingerprint density at radius 3 is 2.00 bits per heavy atom. The van der Waals surface area contributed by atoms with Crippen molar-refractivity contribution < 1.29 is 95.3 Å². The van der Waals surface area contributed by atoms with E-state index >= 15 is 0 Å². The van der Waals surface area contributed by atoms with Crippen molar-refractivity contribution in [1.29, 1.82) is 0 Å². The van der Waals surface area contributed by atoms with Gasteiger partial charge in [-0.15, -0.1) is 5.11 Å². The molecule has 170 valence electrons. The van der Waals surface area contributed by atoms with Gasteiger partial charge in [-0.25, -0.2) is 16.8 Å². The average Bonchev–Trinajstić information content (AvgIpc) is 2.71. The minimum atomic E-state index is -5.07. The number of azo groups is 1. The molecule has 4 N–H and O–H groups in total. The van der Waals surface area contributed by atoms with Gasteiger partial charge in [0.05, 0.1) is 15.5 Å². The van der Waals surface area contributed by atoms with Gasteiger partial charge in [0.15, 0.2) is 5.75 Å². The molecule has 0 amide bonds. The van der Waals surface area contributed by atoms with E-state index in [-0.39, 0.29) is 92.0 Å². The second-order valence-corrected chi connectivity index (χ2v) is 9.74. The summed E-state index contributed by atoms with van der Waals surface area (Å²) in [6, 6.07) is 11.1. The maximum absolute atomic E-state index is 11.8. The van der Waals surface area contributed by atoms with E-state index in [0.29, 0.717) is 0 Å². The molecule has 0 bridgehead atoms. The van der Waals surface area contributed by atoms with Crippen LogP contribution in [0, 0.1) is 0 Å². The number of anilines is 1. The Hall–Kier alpha value is -1.78. The number of benzene rings is 4. The molecule has 35 heavy (non-hydrogen) atoms. The fraction of sp³-hybridized carbons (Fsp3) is 0. The van der Waals surface area contributed by atoms with Gasteiger partial charge in [-0.1, -0.05) is 0 Å². The quantitative estimate of drug-likeness (QED) is 0.107. The minimum absolute atomic E-state index is 0. The Morgan fingerprint density at radius 1 is 0.743 bits per heavy atom. The summed E-state index contributed by atoms with van der Waals surface area (Å²) in [5.41, 5.74) is 5.41. The van der Waals surface area contributed by atoms with Crippen LogP contribution in [0.2, 0.25) is 0 Å². The first-order chi connectivity index (χ1) is 15.3. The maximum atomic E-state index is 11.8. The molecule has 0 fully saturated rings. The van der Waals surface area contributed by atoms with Crippen LogP contribution < -0.4 is 64.8 Å². The van der Waals surface area contributed by atoms with Crippen molar-refractivity contribution in [3.05, 3.63) is 54.6 Å². The van der Waals surface area contributed by atoms with Gasteiger partial charge in [0.1, 0.15) is 31.7 Å². The van der Waals surface area contributed by atoms with Crippen LogP contribution in [0.15, 0.2) is 74.6 Å². The summed E-state index contributed by atoms with van der Waals surface area (Å²) in [5.74, 6) is -1.06. The monoisotopic (exact) mass is 533 g/mol. The summed E-state index contributed by atoms with van der Waals surface area (Å²) in [5, 5.41) is 28.9. The van der Waals surface area contributed by atoms with Crippen LogP contribution in [-0.4, -0.2) is 36.2 Å². The van der Waals surface area contributed by atoms with Gasteiger partial charge >= 0.3 is 59.1 Å². The Morgan fingerprint density at radius 2 is 1.37 bits per heavy atom.